The number of nitrogens with two attached hydrogens (primary N) is 1. The minimum Gasteiger partial charge on any atom is -0.391 e. The first-order chi connectivity index (χ1) is 8.10. The van der Waals surface area contributed by atoms with E-state index in [1.54, 1.807) is 0 Å². The average Bonchev–Trinajstić information content (AvgIpc) is 2.32. The first-order valence-electron chi connectivity index (χ1n) is 6.08. The van der Waals surface area contributed by atoms with E-state index in [4.69, 9.17) is 5.73 Å². The molecule has 2 rings (SSSR count). The van der Waals surface area contributed by atoms with E-state index in [0.29, 0.717) is 25.0 Å². The number of anilines is 1. The number of β-amino-alcohol motifs (C(OH)–C–C–N with tert-alkyl or cyclic N) is 1. The number of aliphatic hydroxyl groups excluding tert-OH is 1. The van der Waals surface area contributed by atoms with Crippen molar-refractivity contribution in [3.05, 3.63) is 17.5 Å². The number of rotatable bonds is 2. The molecule has 2 unspecified atom stereocenters. The van der Waals surface area contributed by atoms with Gasteiger partial charge in [0.2, 0.25) is 5.95 Å². The topological polar surface area (TPSA) is 75.3 Å². The highest BCUT2D eigenvalue weighted by atomic mass is 16.3. The van der Waals surface area contributed by atoms with Gasteiger partial charge in [-0.15, -0.1) is 0 Å². The predicted octanol–water partition coefficient (Wildman–Crippen LogP) is 0.451. The molecule has 1 fully saturated rings. The second-order valence-corrected chi connectivity index (χ2v) is 4.78. The number of aliphatic hydroxyl groups is 1. The Morgan fingerprint density at radius 1 is 1.53 bits per heavy atom. The molecule has 1 aliphatic rings. The average molecular weight is 236 g/mol. The predicted molar refractivity (Wildman–Crippen MR) is 66.7 cm³/mol. The third kappa shape index (κ3) is 2.73. The fraction of sp³-hybridized carbons (Fsp3) is 0.667. The zero-order chi connectivity index (χ0) is 12.4. The van der Waals surface area contributed by atoms with E-state index in [2.05, 4.69) is 16.9 Å². The van der Waals surface area contributed by atoms with Crippen LogP contribution in [-0.2, 0) is 6.54 Å². The molecule has 0 radical (unpaired) electrons. The van der Waals surface area contributed by atoms with Gasteiger partial charge in [0.1, 0.15) is 0 Å². The molecule has 0 aliphatic carbocycles. The highest BCUT2D eigenvalue weighted by Crippen LogP contribution is 2.21. The van der Waals surface area contributed by atoms with E-state index in [1.807, 2.05) is 17.9 Å². The quantitative estimate of drug-likeness (QED) is 0.780. The number of aromatic nitrogens is 2. The monoisotopic (exact) mass is 236 g/mol. The van der Waals surface area contributed by atoms with Crippen molar-refractivity contribution in [2.75, 3.05) is 18.0 Å². The zero-order valence-corrected chi connectivity index (χ0v) is 10.4. The van der Waals surface area contributed by atoms with E-state index in [0.717, 1.165) is 24.4 Å². The van der Waals surface area contributed by atoms with Gasteiger partial charge in [-0.05, 0) is 25.3 Å². The summed E-state index contributed by atoms with van der Waals surface area (Å²) < 4.78 is 0. The Morgan fingerprint density at radius 3 is 2.94 bits per heavy atom. The van der Waals surface area contributed by atoms with Gasteiger partial charge in [-0.3, -0.25) is 0 Å². The molecule has 2 heterocycles. The highest BCUT2D eigenvalue weighted by molar-refractivity contribution is 5.33. The molecule has 0 saturated carbocycles. The number of aryl methyl sites for hydroxylation is 1. The summed E-state index contributed by atoms with van der Waals surface area (Å²) in [6.45, 7) is 5.93. The van der Waals surface area contributed by atoms with Crippen LogP contribution >= 0.6 is 0 Å². The number of hydrogen-bond acceptors (Lipinski definition) is 5. The van der Waals surface area contributed by atoms with Gasteiger partial charge in [-0.2, -0.15) is 0 Å². The van der Waals surface area contributed by atoms with Crippen molar-refractivity contribution >= 4 is 5.95 Å². The molecule has 0 bridgehead atoms. The van der Waals surface area contributed by atoms with Gasteiger partial charge in [-0.1, -0.05) is 6.92 Å². The second kappa shape index (κ2) is 4.98. The summed E-state index contributed by atoms with van der Waals surface area (Å²) in [7, 11) is 0. The minimum absolute atomic E-state index is 0.297. The fourth-order valence-corrected chi connectivity index (χ4v) is 2.09. The molecule has 2 atom stereocenters. The van der Waals surface area contributed by atoms with Gasteiger partial charge in [0, 0.05) is 25.3 Å². The molecule has 3 N–H and O–H groups in total. The normalized spacial score (nSPS) is 25.1. The summed E-state index contributed by atoms with van der Waals surface area (Å²) in [5.74, 6) is 1.04. The van der Waals surface area contributed by atoms with Crippen LogP contribution in [0.25, 0.3) is 0 Å². The van der Waals surface area contributed by atoms with Gasteiger partial charge < -0.3 is 15.7 Å². The lowest BCUT2D eigenvalue weighted by molar-refractivity contribution is 0.102. The van der Waals surface area contributed by atoms with Crippen LogP contribution in [-0.4, -0.2) is 34.3 Å². The van der Waals surface area contributed by atoms with Crippen molar-refractivity contribution in [2.45, 2.75) is 32.9 Å². The van der Waals surface area contributed by atoms with Crippen LogP contribution in [0.1, 0.15) is 24.7 Å². The maximum atomic E-state index is 9.88. The van der Waals surface area contributed by atoms with Crippen molar-refractivity contribution in [3.8, 4) is 0 Å². The van der Waals surface area contributed by atoms with Gasteiger partial charge in [0.15, 0.2) is 0 Å². The lowest BCUT2D eigenvalue weighted by atomic mass is 9.96. The molecule has 94 valence electrons. The van der Waals surface area contributed by atoms with E-state index in [9.17, 15) is 5.11 Å². The molecule has 1 aromatic heterocycles. The summed E-state index contributed by atoms with van der Waals surface area (Å²) in [5, 5.41) is 9.88. The summed E-state index contributed by atoms with van der Waals surface area (Å²) in [5.41, 5.74) is 7.38. The molecule has 5 nitrogen and oxygen atoms in total. The van der Waals surface area contributed by atoms with Crippen LogP contribution in [0.4, 0.5) is 5.95 Å². The SMILES string of the molecule is Cc1cc(CN)nc(N2CCC(C)C(O)C2)n1. The van der Waals surface area contributed by atoms with Crippen LogP contribution in [0.2, 0.25) is 0 Å². The molecule has 1 saturated heterocycles. The molecule has 1 aliphatic heterocycles. The maximum Gasteiger partial charge on any atom is 0.225 e. The lowest BCUT2D eigenvalue weighted by Crippen LogP contribution is -2.43. The van der Waals surface area contributed by atoms with Crippen molar-refractivity contribution in [1.82, 2.24) is 9.97 Å². The summed E-state index contributed by atoms with van der Waals surface area (Å²) in [6, 6.07) is 1.90. The van der Waals surface area contributed by atoms with E-state index in [-0.39, 0.29) is 6.10 Å². The zero-order valence-electron chi connectivity index (χ0n) is 10.4. The largest absolute Gasteiger partial charge is 0.391 e. The van der Waals surface area contributed by atoms with Crippen LogP contribution < -0.4 is 10.6 Å². The van der Waals surface area contributed by atoms with Crippen molar-refractivity contribution in [1.29, 1.82) is 0 Å². The summed E-state index contributed by atoms with van der Waals surface area (Å²) in [6.07, 6.45) is 0.672. The van der Waals surface area contributed by atoms with E-state index in [1.165, 1.54) is 0 Å². The third-order valence-corrected chi connectivity index (χ3v) is 3.31. The second-order valence-electron chi connectivity index (χ2n) is 4.78. The molecule has 17 heavy (non-hydrogen) atoms. The Labute approximate surface area is 102 Å². The van der Waals surface area contributed by atoms with Gasteiger partial charge >= 0.3 is 0 Å². The van der Waals surface area contributed by atoms with Gasteiger partial charge in [0.05, 0.1) is 11.8 Å². The fourth-order valence-electron chi connectivity index (χ4n) is 2.09. The number of nitrogens with zero attached hydrogens (tertiary/aromatic N) is 3. The highest BCUT2D eigenvalue weighted by Gasteiger charge is 2.25. The first-order valence-corrected chi connectivity index (χ1v) is 6.08. The summed E-state index contributed by atoms with van der Waals surface area (Å²) >= 11 is 0. The Balaban J connectivity index is 2.19. The Kier molecular flexibility index (Phi) is 3.59. The van der Waals surface area contributed by atoms with Crippen molar-refractivity contribution in [2.24, 2.45) is 11.7 Å². The molecule has 0 amide bonds. The minimum atomic E-state index is -0.297. The smallest absolute Gasteiger partial charge is 0.225 e. The molecule has 1 aromatic rings. The maximum absolute atomic E-state index is 9.88. The van der Waals surface area contributed by atoms with E-state index >= 15 is 0 Å². The van der Waals surface area contributed by atoms with Crippen LogP contribution in [0.5, 0.6) is 0 Å². The van der Waals surface area contributed by atoms with Gasteiger partial charge in [0.25, 0.3) is 0 Å². The van der Waals surface area contributed by atoms with Crippen molar-refractivity contribution < 1.29 is 5.11 Å². The van der Waals surface area contributed by atoms with Crippen molar-refractivity contribution in [3.63, 3.8) is 0 Å². The lowest BCUT2D eigenvalue weighted by Gasteiger charge is -2.34. The standard InChI is InChI=1S/C12H20N4O/c1-8-3-4-16(7-11(8)17)12-14-9(2)5-10(6-13)15-12/h5,8,11,17H,3-4,6-7,13H2,1-2H3. The Bertz CT molecular complexity index is 396. The molecule has 5 heteroatoms. The van der Waals surface area contributed by atoms with Crippen LogP contribution in [0.15, 0.2) is 6.07 Å². The number of hydrogen-bond donors (Lipinski definition) is 2. The molecular formula is C12H20N4O. The van der Waals surface area contributed by atoms with Crippen LogP contribution in [0.3, 0.4) is 0 Å². The molecule has 0 spiro atoms. The Morgan fingerprint density at radius 2 is 2.29 bits per heavy atom. The molecule has 0 aromatic carbocycles. The number of piperidine rings is 1. The van der Waals surface area contributed by atoms with E-state index < -0.39 is 0 Å². The Hall–Kier alpha value is -1.20. The summed E-state index contributed by atoms with van der Waals surface area (Å²) in [4.78, 5) is 10.9. The molecular weight excluding hydrogens is 216 g/mol. The van der Waals surface area contributed by atoms with Crippen LogP contribution in [0, 0.1) is 12.8 Å². The third-order valence-electron chi connectivity index (χ3n) is 3.31. The van der Waals surface area contributed by atoms with Gasteiger partial charge in [-0.25, -0.2) is 9.97 Å². The first kappa shape index (κ1) is 12.3.